The molecule has 0 saturated carbocycles. The van der Waals surface area contributed by atoms with Crippen LogP contribution in [0.5, 0.6) is 5.75 Å². The van der Waals surface area contributed by atoms with Gasteiger partial charge < -0.3 is 18.9 Å². The van der Waals surface area contributed by atoms with Crippen molar-refractivity contribution in [2.75, 3.05) is 33.4 Å². The Bertz CT molecular complexity index is 760. The van der Waals surface area contributed by atoms with Gasteiger partial charge in [-0.2, -0.15) is 0 Å². The van der Waals surface area contributed by atoms with Crippen molar-refractivity contribution in [1.82, 2.24) is 9.47 Å². The quantitative estimate of drug-likeness (QED) is 0.621. The largest absolute Gasteiger partial charge is 0.495 e. The molecule has 0 spiro atoms. The van der Waals surface area contributed by atoms with E-state index in [1.54, 1.807) is 14.0 Å². The highest BCUT2D eigenvalue weighted by Crippen LogP contribution is 2.30. The molecule has 1 fully saturated rings. The maximum absolute atomic E-state index is 12.0. The smallest absolute Gasteiger partial charge is 0.161 e. The summed E-state index contributed by atoms with van der Waals surface area (Å²) in [6, 6.07) is 5.92. The fraction of sp³-hybridized carbons (Fsp3) is 0.591. The van der Waals surface area contributed by atoms with Gasteiger partial charge in [-0.15, -0.1) is 0 Å². The highest BCUT2D eigenvalue weighted by Gasteiger charge is 2.19. The van der Waals surface area contributed by atoms with Crippen LogP contribution < -0.4 is 4.74 Å². The van der Waals surface area contributed by atoms with Gasteiger partial charge in [0.2, 0.25) is 0 Å². The minimum atomic E-state index is 0.0983. The van der Waals surface area contributed by atoms with Crippen molar-refractivity contribution in [3.63, 3.8) is 0 Å². The molecule has 1 aromatic carbocycles. The number of rotatable bonds is 9. The zero-order valence-corrected chi connectivity index (χ0v) is 16.9. The van der Waals surface area contributed by atoms with E-state index in [9.17, 15) is 4.79 Å². The van der Waals surface area contributed by atoms with Crippen LogP contribution in [-0.2, 0) is 11.3 Å². The first kappa shape index (κ1) is 19.9. The lowest BCUT2D eigenvalue weighted by molar-refractivity contribution is 0.00758. The van der Waals surface area contributed by atoms with Crippen molar-refractivity contribution in [2.24, 2.45) is 0 Å². The van der Waals surface area contributed by atoms with Crippen LogP contribution in [0.2, 0.25) is 0 Å². The van der Waals surface area contributed by atoms with Crippen LogP contribution in [0.15, 0.2) is 24.4 Å². The van der Waals surface area contributed by atoms with E-state index in [0.29, 0.717) is 6.10 Å². The number of Topliss-reactive ketones (excluding diaryl/α,β-unsaturated/α-hetero) is 1. The summed E-state index contributed by atoms with van der Waals surface area (Å²) in [5.41, 5.74) is 1.80. The number of nitrogens with zero attached hydrogens (tertiary/aromatic N) is 2. The Morgan fingerprint density at radius 1 is 1.22 bits per heavy atom. The fourth-order valence-corrected chi connectivity index (χ4v) is 4.00. The lowest BCUT2D eigenvalue weighted by Crippen LogP contribution is -2.37. The van der Waals surface area contributed by atoms with Crippen LogP contribution in [0.3, 0.4) is 0 Å². The Morgan fingerprint density at radius 3 is 2.67 bits per heavy atom. The van der Waals surface area contributed by atoms with E-state index in [-0.39, 0.29) is 5.78 Å². The Morgan fingerprint density at radius 2 is 2.00 bits per heavy atom. The average Bonchev–Trinajstić information content (AvgIpc) is 3.06. The number of carbonyl (C=O) groups is 1. The number of fused-ring (bicyclic) bond motifs is 1. The number of ketones is 1. The van der Waals surface area contributed by atoms with Gasteiger partial charge in [-0.25, -0.2) is 0 Å². The van der Waals surface area contributed by atoms with Crippen molar-refractivity contribution in [3.05, 3.63) is 30.0 Å². The van der Waals surface area contributed by atoms with Crippen LogP contribution in [0.25, 0.3) is 10.9 Å². The summed E-state index contributed by atoms with van der Waals surface area (Å²) in [5.74, 6) is 0.926. The SMILES string of the molecule is CCCOC1CCN(CCCn2cc(C(C)=O)c3cccc(OC)c32)CC1. The molecule has 2 heterocycles. The van der Waals surface area contributed by atoms with Gasteiger partial charge >= 0.3 is 0 Å². The predicted octanol–water partition coefficient (Wildman–Crippen LogP) is 4.13. The third-order valence-corrected chi connectivity index (χ3v) is 5.43. The van der Waals surface area contributed by atoms with Crippen LogP contribution in [0.1, 0.15) is 49.9 Å². The number of ether oxygens (including phenoxy) is 2. The summed E-state index contributed by atoms with van der Waals surface area (Å²) in [7, 11) is 1.68. The highest BCUT2D eigenvalue weighted by atomic mass is 16.5. The summed E-state index contributed by atoms with van der Waals surface area (Å²) >= 11 is 0. The van der Waals surface area contributed by atoms with E-state index in [1.165, 1.54) is 0 Å². The third-order valence-electron chi connectivity index (χ3n) is 5.43. The van der Waals surface area contributed by atoms with Crippen molar-refractivity contribution >= 4 is 16.7 Å². The van der Waals surface area contributed by atoms with Crippen LogP contribution in [0, 0.1) is 0 Å². The standard InChI is InChI=1S/C22H32N2O3/c1-4-15-27-18-9-13-23(14-10-18)11-6-12-24-16-20(17(2)25)19-7-5-8-21(26-3)22(19)24/h5,7-8,16,18H,4,6,9-15H2,1-3H3. The molecule has 0 unspecified atom stereocenters. The van der Waals surface area contributed by atoms with Crippen LogP contribution in [0.4, 0.5) is 0 Å². The van der Waals surface area contributed by atoms with Crippen LogP contribution in [-0.4, -0.2) is 54.7 Å². The molecule has 0 bridgehead atoms. The number of piperidine rings is 1. The molecule has 0 amide bonds. The molecule has 5 heteroatoms. The van der Waals surface area contributed by atoms with Gasteiger partial charge in [-0.1, -0.05) is 19.1 Å². The zero-order chi connectivity index (χ0) is 19.2. The molecule has 0 aliphatic carbocycles. The lowest BCUT2D eigenvalue weighted by Gasteiger charge is -2.31. The number of para-hydroxylation sites is 1. The number of aryl methyl sites for hydroxylation is 1. The first-order chi connectivity index (χ1) is 13.1. The second kappa shape index (κ2) is 9.38. The summed E-state index contributed by atoms with van der Waals surface area (Å²) in [5, 5.41) is 0.982. The van der Waals surface area contributed by atoms with E-state index in [0.717, 1.165) is 80.7 Å². The van der Waals surface area contributed by atoms with E-state index in [2.05, 4.69) is 16.4 Å². The monoisotopic (exact) mass is 372 g/mol. The molecule has 1 saturated heterocycles. The van der Waals surface area contributed by atoms with Crippen molar-refractivity contribution in [1.29, 1.82) is 0 Å². The van der Waals surface area contributed by atoms with Gasteiger partial charge in [-0.05, 0) is 45.2 Å². The Balaban J connectivity index is 1.60. The summed E-state index contributed by atoms with van der Waals surface area (Å²) < 4.78 is 13.6. The van der Waals surface area contributed by atoms with Gasteiger partial charge in [0.1, 0.15) is 5.75 Å². The number of benzene rings is 1. The Kier molecular flexibility index (Phi) is 6.91. The fourth-order valence-electron chi connectivity index (χ4n) is 4.00. The third kappa shape index (κ3) is 4.71. The van der Waals surface area contributed by atoms with Crippen molar-refractivity contribution < 1.29 is 14.3 Å². The van der Waals surface area contributed by atoms with Gasteiger partial charge in [0.25, 0.3) is 0 Å². The number of hydrogen-bond acceptors (Lipinski definition) is 4. The lowest BCUT2D eigenvalue weighted by atomic mass is 10.1. The number of methoxy groups -OCH3 is 1. The molecule has 0 radical (unpaired) electrons. The van der Waals surface area contributed by atoms with Crippen LogP contribution >= 0.6 is 0 Å². The maximum atomic E-state index is 12.0. The molecule has 1 aromatic heterocycles. The average molecular weight is 373 g/mol. The predicted molar refractivity (Wildman–Crippen MR) is 109 cm³/mol. The first-order valence-electron chi connectivity index (χ1n) is 10.1. The number of aromatic nitrogens is 1. The summed E-state index contributed by atoms with van der Waals surface area (Å²) in [6.45, 7) is 8.86. The molecular formula is C22H32N2O3. The minimum absolute atomic E-state index is 0.0983. The molecule has 148 valence electrons. The second-order valence-corrected chi connectivity index (χ2v) is 7.41. The van der Waals surface area contributed by atoms with E-state index in [1.807, 2.05) is 24.4 Å². The first-order valence-corrected chi connectivity index (χ1v) is 10.1. The number of likely N-dealkylation sites (tertiary alicyclic amines) is 1. The normalized spacial score (nSPS) is 16.1. The second-order valence-electron chi connectivity index (χ2n) is 7.41. The van der Waals surface area contributed by atoms with Crippen molar-refractivity contribution in [2.45, 2.75) is 52.2 Å². The van der Waals surface area contributed by atoms with Gasteiger partial charge in [0, 0.05) is 43.4 Å². The molecule has 1 aliphatic rings. The Hall–Kier alpha value is -1.85. The molecular weight excluding hydrogens is 340 g/mol. The topological polar surface area (TPSA) is 43.7 Å². The maximum Gasteiger partial charge on any atom is 0.161 e. The summed E-state index contributed by atoms with van der Waals surface area (Å²) in [4.78, 5) is 14.6. The minimum Gasteiger partial charge on any atom is -0.495 e. The molecule has 0 atom stereocenters. The Labute approximate surface area is 162 Å². The molecule has 5 nitrogen and oxygen atoms in total. The number of hydrogen-bond donors (Lipinski definition) is 0. The van der Waals surface area contributed by atoms with E-state index in [4.69, 9.17) is 9.47 Å². The highest BCUT2D eigenvalue weighted by molar-refractivity contribution is 6.08. The van der Waals surface area contributed by atoms with Gasteiger partial charge in [0.15, 0.2) is 5.78 Å². The van der Waals surface area contributed by atoms with Gasteiger partial charge in [-0.3, -0.25) is 4.79 Å². The molecule has 3 rings (SSSR count). The van der Waals surface area contributed by atoms with Gasteiger partial charge in [0.05, 0.1) is 18.7 Å². The number of carbonyl (C=O) groups excluding carboxylic acids is 1. The zero-order valence-electron chi connectivity index (χ0n) is 16.9. The van der Waals surface area contributed by atoms with E-state index < -0.39 is 0 Å². The molecule has 2 aromatic rings. The molecule has 27 heavy (non-hydrogen) atoms. The van der Waals surface area contributed by atoms with Crippen molar-refractivity contribution in [3.8, 4) is 5.75 Å². The van der Waals surface area contributed by atoms with E-state index >= 15 is 0 Å². The molecule has 0 N–H and O–H groups in total. The summed E-state index contributed by atoms with van der Waals surface area (Å²) in [6.07, 6.45) is 6.84. The molecule has 1 aliphatic heterocycles.